The van der Waals surface area contributed by atoms with Gasteiger partial charge in [0.2, 0.25) is 0 Å². The van der Waals surface area contributed by atoms with Gasteiger partial charge in [-0.15, -0.1) is 0 Å². The van der Waals surface area contributed by atoms with Crippen molar-refractivity contribution >= 4 is 29.0 Å². The number of hydrogen-bond donors (Lipinski definition) is 1. The molecule has 0 spiro atoms. The largest absolute Gasteiger partial charge is 0.321 e. The molecule has 1 aromatic carbocycles. The predicted octanol–water partition coefficient (Wildman–Crippen LogP) is 3.62. The summed E-state index contributed by atoms with van der Waals surface area (Å²) in [7, 11) is 0. The van der Waals surface area contributed by atoms with Gasteiger partial charge >= 0.3 is 0 Å². The van der Waals surface area contributed by atoms with Crippen molar-refractivity contribution < 1.29 is 4.79 Å². The molecule has 0 bridgehead atoms. The van der Waals surface area contributed by atoms with Crippen LogP contribution in [0.4, 0.5) is 0 Å². The molecule has 0 aliphatic carbocycles. The molecule has 17 heavy (non-hydrogen) atoms. The van der Waals surface area contributed by atoms with E-state index in [2.05, 4.69) is 6.92 Å². The SMILES string of the molecule is CCCCC(N)C(=O)Cc1ccc(Cl)cc1Cl. The summed E-state index contributed by atoms with van der Waals surface area (Å²) in [6, 6.07) is 4.76. The summed E-state index contributed by atoms with van der Waals surface area (Å²) in [4.78, 5) is 11.8. The van der Waals surface area contributed by atoms with Gasteiger partial charge in [-0.25, -0.2) is 0 Å². The molecule has 0 amide bonds. The molecule has 94 valence electrons. The summed E-state index contributed by atoms with van der Waals surface area (Å²) >= 11 is 11.8. The highest BCUT2D eigenvalue weighted by Crippen LogP contribution is 2.21. The first-order chi connectivity index (χ1) is 8.04. The van der Waals surface area contributed by atoms with Crippen molar-refractivity contribution in [2.75, 3.05) is 0 Å². The highest BCUT2D eigenvalue weighted by atomic mass is 35.5. The third-order valence-electron chi connectivity index (χ3n) is 2.66. The van der Waals surface area contributed by atoms with Crippen LogP contribution < -0.4 is 5.73 Å². The Morgan fingerprint density at radius 2 is 2.12 bits per heavy atom. The number of ketones is 1. The van der Waals surface area contributed by atoms with Crippen molar-refractivity contribution in [3.05, 3.63) is 33.8 Å². The third kappa shape index (κ3) is 4.66. The molecule has 4 heteroatoms. The Labute approximate surface area is 112 Å². The van der Waals surface area contributed by atoms with Crippen LogP contribution in [0.2, 0.25) is 10.0 Å². The van der Waals surface area contributed by atoms with E-state index in [0.29, 0.717) is 10.0 Å². The van der Waals surface area contributed by atoms with Gasteiger partial charge in [0.15, 0.2) is 5.78 Å². The van der Waals surface area contributed by atoms with E-state index in [-0.39, 0.29) is 18.2 Å². The molecular weight excluding hydrogens is 257 g/mol. The molecule has 0 radical (unpaired) electrons. The second-order valence-corrected chi connectivity index (χ2v) is 4.97. The Hall–Kier alpha value is -0.570. The lowest BCUT2D eigenvalue weighted by Gasteiger charge is -2.10. The lowest BCUT2D eigenvalue weighted by Crippen LogP contribution is -2.31. The quantitative estimate of drug-likeness (QED) is 0.860. The molecule has 0 saturated heterocycles. The van der Waals surface area contributed by atoms with Crippen molar-refractivity contribution in [1.82, 2.24) is 0 Å². The number of carbonyl (C=O) groups is 1. The lowest BCUT2D eigenvalue weighted by atomic mass is 10.0. The van der Waals surface area contributed by atoms with Crippen molar-refractivity contribution in [3.63, 3.8) is 0 Å². The minimum absolute atomic E-state index is 0.0303. The maximum atomic E-state index is 11.8. The molecule has 0 saturated carbocycles. The van der Waals surface area contributed by atoms with Crippen molar-refractivity contribution in [2.45, 2.75) is 38.6 Å². The van der Waals surface area contributed by atoms with Crippen molar-refractivity contribution in [3.8, 4) is 0 Å². The smallest absolute Gasteiger partial charge is 0.153 e. The van der Waals surface area contributed by atoms with Crippen LogP contribution in [0.5, 0.6) is 0 Å². The van der Waals surface area contributed by atoms with Gasteiger partial charge in [-0.05, 0) is 24.1 Å². The fraction of sp³-hybridized carbons (Fsp3) is 0.462. The zero-order chi connectivity index (χ0) is 12.8. The van der Waals surface area contributed by atoms with Crippen LogP contribution in [0.25, 0.3) is 0 Å². The summed E-state index contributed by atoms with van der Waals surface area (Å²) < 4.78 is 0. The number of benzene rings is 1. The first kappa shape index (κ1) is 14.5. The van der Waals surface area contributed by atoms with E-state index in [0.717, 1.165) is 24.8 Å². The van der Waals surface area contributed by atoms with Crippen LogP contribution in [0.1, 0.15) is 31.7 Å². The topological polar surface area (TPSA) is 43.1 Å². The number of hydrogen-bond acceptors (Lipinski definition) is 2. The number of nitrogens with two attached hydrogens (primary N) is 1. The van der Waals surface area contributed by atoms with Gasteiger partial charge in [0.05, 0.1) is 6.04 Å². The number of unbranched alkanes of at least 4 members (excludes halogenated alkanes) is 1. The molecule has 0 aliphatic heterocycles. The van der Waals surface area contributed by atoms with E-state index >= 15 is 0 Å². The van der Waals surface area contributed by atoms with Gasteiger partial charge in [-0.2, -0.15) is 0 Å². The lowest BCUT2D eigenvalue weighted by molar-refractivity contribution is -0.119. The molecule has 0 fully saturated rings. The zero-order valence-electron chi connectivity index (χ0n) is 9.88. The number of Topliss-reactive ketones (excluding diaryl/α,β-unsaturated/α-hetero) is 1. The minimum Gasteiger partial charge on any atom is -0.321 e. The van der Waals surface area contributed by atoms with Gasteiger partial charge in [0.25, 0.3) is 0 Å². The molecule has 2 nitrogen and oxygen atoms in total. The Kier molecular flexibility index (Phi) is 5.96. The Bertz CT molecular complexity index is 393. The summed E-state index contributed by atoms with van der Waals surface area (Å²) in [6.45, 7) is 2.08. The van der Waals surface area contributed by atoms with Gasteiger partial charge in [0, 0.05) is 16.5 Å². The maximum absolute atomic E-state index is 11.8. The van der Waals surface area contributed by atoms with Gasteiger partial charge < -0.3 is 5.73 Å². The van der Waals surface area contributed by atoms with E-state index in [1.165, 1.54) is 0 Å². The van der Waals surface area contributed by atoms with Gasteiger partial charge in [0.1, 0.15) is 0 Å². The van der Waals surface area contributed by atoms with Crippen LogP contribution >= 0.6 is 23.2 Å². The molecule has 1 atom stereocenters. The first-order valence-corrected chi connectivity index (χ1v) is 6.52. The van der Waals surface area contributed by atoms with E-state index in [1.54, 1.807) is 18.2 Å². The van der Waals surface area contributed by atoms with Gasteiger partial charge in [-0.3, -0.25) is 4.79 Å². The average molecular weight is 274 g/mol. The average Bonchev–Trinajstić information content (AvgIpc) is 2.29. The zero-order valence-corrected chi connectivity index (χ0v) is 11.4. The molecule has 1 aromatic rings. The normalized spacial score (nSPS) is 12.5. The fourth-order valence-electron chi connectivity index (χ4n) is 1.57. The Morgan fingerprint density at radius 1 is 1.41 bits per heavy atom. The molecular formula is C13H17Cl2NO. The third-order valence-corrected chi connectivity index (χ3v) is 3.25. The monoisotopic (exact) mass is 273 g/mol. The van der Waals surface area contributed by atoms with Crippen molar-refractivity contribution in [2.24, 2.45) is 5.73 Å². The summed E-state index contributed by atoms with van der Waals surface area (Å²) in [5.74, 6) is 0.0303. The van der Waals surface area contributed by atoms with Crippen LogP contribution in [-0.4, -0.2) is 11.8 Å². The van der Waals surface area contributed by atoms with Crippen LogP contribution in [-0.2, 0) is 11.2 Å². The van der Waals surface area contributed by atoms with Crippen LogP contribution in [0.3, 0.4) is 0 Å². The number of halogens is 2. The summed E-state index contributed by atoms with van der Waals surface area (Å²) in [6.07, 6.45) is 3.03. The molecule has 0 aliphatic rings. The second-order valence-electron chi connectivity index (χ2n) is 4.13. The minimum atomic E-state index is -0.387. The standard InChI is InChI=1S/C13H17Cl2NO/c1-2-3-4-12(16)13(17)7-9-5-6-10(14)8-11(9)15/h5-6,8,12H,2-4,7,16H2,1H3. The number of carbonyl (C=O) groups excluding carboxylic acids is 1. The van der Waals surface area contributed by atoms with E-state index in [9.17, 15) is 4.79 Å². The summed E-state index contributed by atoms with van der Waals surface area (Å²) in [5, 5.41) is 1.09. The molecule has 1 rings (SSSR count). The van der Waals surface area contributed by atoms with Crippen molar-refractivity contribution in [1.29, 1.82) is 0 Å². The Balaban J connectivity index is 2.61. The summed E-state index contributed by atoms with van der Waals surface area (Å²) in [5.41, 5.74) is 6.60. The maximum Gasteiger partial charge on any atom is 0.153 e. The first-order valence-electron chi connectivity index (χ1n) is 5.76. The Morgan fingerprint density at radius 3 is 2.71 bits per heavy atom. The van der Waals surface area contributed by atoms with E-state index < -0.39 is 0 Å². The highest BCUT2D eigenvalue weighted by Gasteiger charge is 2.14. The fourth-order valence-corrected chi connectivity index (χ4v) is 2.04. The predicted molar refractivity (Wildman–Crippen MR) is 72.7 cm³/mol. The molecule has 0 aromatic heterocycles. The van der Waals surface area contributed by atoms with Crippen LogP contribution in [0, 0.1) is 0 Å². The molecule has 0 heterocycles. The molecule has 1 unspecified atom stereocenters. The highest BCUT2D eigenvalue weighted by molar-refractivity contribution is 6.35. The second kappa shape index (κ2) is 7.00. The van der Waals surface area contributed by atoms with E-state index in [4.69, 9.17) is 28.9 Å². The van der Waals surface area contributed by atoms with Gasteiger partial charge in [-0.1, -0.05) is 49.0 Å². The van der Waals surface area contributed by atoms with Crippen LogP contribution in [0.15, 0.2) is 18.2 Å². The molecule has 2 N–H and O–H groups in total. The van der Waals surface area contributed by atoms with E-state index in [1.807, 2.05) is 0 Å². The number of rotatable bonds is 6.